The van der Waals surface area contributed by atoms with Crippen LogP contribution in [0.5, 0.6) is 0 Å². The lowest BCUT2D eigenvalue weighted by atomic mass is 10.2. The van der Waals surface area contributed by atoms with Crippen molar-refractivity contribution in [2.45, 2.75) is 18.7 Å². The molecule has 27 heavy (non-hydrogen) atoms. The maximum absolute atomic E-state index is 13.2. The number of amides is 1. The molecule has 0 aliphatic carbocycles. The monoisotopic (exact) mass is 386 g/mol. The van der Waals surface area contributed by atoms with Crippen LogP contribution in [-0.2, 0) is 9.84 Å². The van der Waals surface area contributed by atoms with Gasteiger partial charge in [-0.15, -0.1) is 0 Å². The Hall–Kier alpha value is -2.93. The van der Waals surface area contributed by atoms with Crippen LogP contribution in [0.4, 0.5) is 10.1 Å². The first-order valence-corrected chi connectivity index (χ1v) is 10.1. The molecule has 1 N–H and O–H groups in total. The zero-order valence-electron chi connectivity index (χ0n) is 15.2. The van der Waals surface area contributed by atoms with E-state index < -0.39 is 9.84 Å². The minimum absolute atomic E-state index is 0.136. The first kappa shape index (κ1) is 18.8. The zero-order valence-corrected chi connectivity index (χ0v) is 16.0. The van der Waals surface area contributed by atoms with Crippen molar-refractivity contribution in [3.8, 4) is 5.69 Å². The van der Waals surface area contributed by atoms with Gasteiger partial charge in [-0.3, -0.25) is 4.79 Å². The fourth-order valence-electron chi connectivity index (χ4n) is 2.98. The van der Waals surface area contributed by atoms with Crippen LogP contribution >= 0.6 is 0 Å². The molecule has 3 aromatic rings. The first-order valence-electron chi connectivity index (χ1n) is 8.23. The van der Waals surface area contributed by atoms with Gasteiger partial charge in [0.15, 0.2) is 9.84 Å². The van der Waals surface area contributed by atoms with E-state index in [0.29, 0.717) is 16.9 Å². The van der Waals surface area contributed by atoms with E-state index in [0.717, 1.165) is 17.6 Å². The van der Waals surface area contributed by atoms with Crippen molar-refractivity contribution in [1.82, 2.24) is 4.57 Å². The molecule has 1 amide bonds. The molecule has 140 valence electrons. The number of nitrogens with one attached hydrogen (secondary N) is 1. The van der Waals surface area contributed by atoms with Gasteiger partial charge in [0.1, 0.15) is 5.82 Å². The van der Waals surface area contributed by atoms with E-state index in [2.05, 4.69) is 5.32 Å². The van der Waals surface area contributed by atoms with E-state index in [1.807, 2.05) is 11.5 Å². The number of halogens is 1. The van der Waals surface area contributed by atoms with E-state index in [-0.39, 0.29) is 16.6 Å². The average molecular weight is 386 g/mol. The van der Waals surface area contributed by atoms with Gasteiger partial charge in [0, 0.05) is 29.0 Å². The molecule has 5 nitrogen and oxygen atoms in total. The third kappa shape index (κ3) is 3.93. The van der Waals surface area contributed by atoms with Crippen LogP contribution in [0.2, 0.25) is 0 Å². The minimum Gasteiger partial charge on any atom is -0.322 e. The number of sulfone groups is 1. The summed E-state index contributed by atoms with van der Waals surface area (Å²) in [5.74, 6) is -0.674. The second-order valence-electron chi connectivity index (χ2n) is 6.35. The summed E-state index contributed by atoms with van der Waals surface area (Å²) in [6.07, 6.45) is 1.12. The van der Waals surface area contributed by atoms with Crippen LogP contribution in [0.1, 0.15) is 21.7 Å². The lowest BCUT2D eigenvalue weighted by molar-refractivity contribution is 0.102. The number of carbonyl (C=O) groups excluding carboxylic acids is 1. The second kappa shape index (κ2) is 7.00. The summed E-state index contributed by atoms with van der Waals surface area (Å²) in [6, 6.07) is 13.9. The molecule has 7 heteroatoms. The summed E-state index contributed by atoms with van der Waals surface area (Å²) in [7, 11) is -3.36. The molecule has 0 atom stereocenters. The van der Waals surface area contributed by atoms with Crippen molar-refractivity contribution in [2.24, 2.45) is 0 Å². The van der Waals surface area contributed by atoms with Crippen LogP contribution in [0.25, 0.3) is 5.69 Å². The molecule has 2 aromatic carbocycles. The summed E-state index contributed by atoms with van der Waals surface area (Å²) < 4.78 is 38.4. The van der Waals surface area contributed by atoms with Crippen molar-refractivity contribution in [3.05, 3.63) is 77.4 Å². The molecule has 0 radical (unpaired) electrons. The number of aromatic nitrogens is 1. The van der Waals surface area contributed by atoms with Crippen molar-refractivity contribution in [1.29, 1.82) is 0 Å². The summed E-state index contributed by atoms with van der Waals surface area (Å²) in [4.78, 5) is 12.8. The zero-order chi connectivity index (χ0) is 19.8. The molecular weight excluding hydrogens is 367 g/mol. The van der Waals surface area contributed by atoms with Crippen LogP contribution in [-0.4, -0.2) is 25.1 Å². The number of benzene rings is 2. The molecule has 3 rings (SSSR count). The fraction of sp³-hybridized carbons (Fsp3) is 0.150. The van der Waals surface area contributed by atoms with Gasteiger partial charge in [-0.25, -0.2) is 12.8 Å². The van der Waals surface area contributed by atoms with Gasteiger partial charge >= 0.3 is 0 Å². The van der Waals surface area contributed by atoms with E-state index >= 15 is 0 Å². The largest absolute Gasteiger partial charge is 0.322 e. The molecule has 0 saturated heterocycles. The Labute approximate surface area is 157 Å². The third-order valence-corrected chi connectivity index (χ3v) is 5.39. The van der Waals surface area contributed by atoms with Crippen molar-refractivity contribution < 1.29 is 17.6 Å². The predicted octanol–water partition coefficient (Wildman–Crippen LogP) is 3.89. The molecule has 0 unspecified atom stereocenters. The van der Waals surface area contributed by atoms with Crippen LogP contribution in [0.3, 0.4) is 0 Å². The van der Waals surface area contributed by atoms with E-state index in [1.165, 1.54) is 24.3 Å². The van der Waals surface area contributed by atoms with Crippen molar-refractivity contribution in [3.63, 3.8) is 0 Å². The van der Waals surface area contributed by atoms with Crippen molar-refractivity contribution in [2.75, 3.05) is 11.6 Å². The standard InChI is InChI=1S/C20H19FN2O3S/c1-13-11-19(14(2)23(13)17-9-7-15(21)8-10-17)20(24)22-16-5-4-6-18(12-16)27(3,25)26/h4-12H,1-3H3,(H,22,24). The highest BCUT2D eigenvalue weighted by Crippen LogP contribution is 2.23. The molecule has 0 fully saturated rings. The van der Waals surface area contributed by atoms with E-state index in [1.54, 1.807) is 37.3 Å². The van der Waals surface area contributed by atoms with Gasteiger partial charge in [0.05, 0.1) is 10.5 Å². The topological polar surface area (TPSA) is 68.2 Å². The summed E-state index contributed by atoms with van der Waals surface area (Å²) in [6.45, 7) is 3.66. The molecule has 1 heterocycles. The number of anilines is 1. The lowest BCUT2D eigenvalue weighted by Crippen LogP contribution is -2.13. The van der Waals surface area contributed by atoms with Crippen LogP contribution in [0.15, 0.2) is 59.5 Å². The van der Waals surface area contributed by atoms with E-state index in [9.17, 15) is 17.6 Å². The molecular formula is C20H19FN2O3S. The summed E-state index contributed by atoms with van der Waals surface area (Å²) in [5.41, 5.74) is 3.14. The molecule has 0 bridgehead atoms. The number of hydrogen-bond donors (Lipinski definition) is 1. The number of hydrogen-bond acceptors (Lipinski definition) is 3. The maximum Gasteiger partial charge on any atom is 0.257 e. The second-order valence-corrected chi connectivity index (χ2v) is 8.37. The average Bonchev–Trinajstić information content (AvgIpc) is 2.90. The molecule has 0 aliphatic rings. The normalized spacial score (nSPS) is 11.4. The highest BCUT2D eigenvalue weighted by Gasteiger charge is 2.17. The Bertz CT molecular complexity index is 1120. The number of nitrogens with zero attached hydrogens (tertiary/aromatic N) is 1. The third-order valence-electron chi connectivity index (χ3n) is 4.28. The smallest absolute Gasteiger partial charge is 0.257 e. The number of carbonyl (C=O) groups is 1. The Morgan fingerprint density at radius 1 is 1.04 bits per heavy atom. The van der Waals surface area contributed by atoms with Gasteiger partial charge in [-0.2, -0.15) is 0 Å². The predicted molar refractivity (Wildman–Crippen MR) is 103 cm³/mol. The summed E-state index contributed by atoms with van der Waals surface area (Å²) >= 11 is 0. The molecule has 1 aromatic heterocycles. The lowest BCUT2D eigenvalue weighted by Gasteiger charge is -2.10. The molecule has 0 saturated carbocycles. The van der Waals surface area contributed by atoms with Gasteiger partial charge in [-0.1, -0.05) is 6.07 Å². The Kier molecular flexibility index (Phi) is 4.89. The Morgan fingerprint density at radius 2 is 1.70 bits per heavy atom. The van der Waals surface area contributed by atoms with Gasteiger partial charge in [-0.05, 0) is 62.4 Å². The highest BCUT2D eigenvalue weighted by atomic mass is 32.2. The quantitative estimate of drug-likeness (QED) is 0.740. The van der Waals surface area contributed by atoms with Gasteiger partial charge in [0.25, 0.3) is 5.91 Å². The fourth-order valence-corrected chi connectivity index (χ4v) is 3.65. The van der Waals surface area contributed by atoms with E-state index in [4.69, 9.17) is 0 Å². The first-order chi connectivity index (χ1) is 12.7. The van der Waals surface area contributed by atoms with Gasteiger partial charge in [0.2, 0.25) is 0 Å². The van der Waals surface area contributed by atoms with Crippen LogP contribution < -0.4 is 5.32 Å². The Balaban J connectivity index is 1.93. The molecule has 0 spiro atoms. The number of rotatable bonds is 4. The van der Waals surface area contributed by atoms with Crippen LogP contribution in [0, 0.1) is 19.7 Å². The highest BCUT2D eigenvalue weighted by molar-refractivity contribution is 7.90. The van der Waals surface area contributed by atoms with Crippen molar-refractivity contribution >= 4 is 21.4 Å². The molecule has 0 aliphatic heterocycles. The number of aryl methyl sites for hydroxylation is 1. The van der Waals surface area contributed by atoms with Gasteiger partial charge < -0.3 is 9.88 Å². The summed E-state index contributed by atoms with van der Waals surface area (Å²) in [5, 5.41) is 2.74. The minimum atomic E-state index is -3.36. The SMILES string of the molecule is Cc1cc(C(=O)Nc2cccc(S(C)(=O)=O)c2)c(C)n1-c1ccc(F)cc1. The Morgan fingerprint density at radius 3 is 2.33 bits per heavy atom. The maximum atomic E-state index is 13.2.